The number of methoxy groups -OCH3 is 1. The van der Waals surface area contributed by atoms with Gasteiger partial charge in [0.1, 0.15) is 39.9 Å². The van der Waals surface area contributed by atoms with Crippen molar-refractivity contribution in [3.8, 4) is 17.2 Å². The van der Waals surface area contributed by atoms with Gasteiger partial charge in [0.25, 0.3) is 0 Å². The zero-order chi connectivity index (χ0) is 30.2. The fourth-order valence-corrected chi connectivity index (χ4v) is 4.91. The summed E-state index contributed by atoms with van der Waals surface area (Å²) in [5.74, 6) is -3.68. The molecular weight excluding hydrogens is 512 g/mol. The van der Waals surface area contributed by atoms with Gasteiger partial charge in [-0.2, -0.15) is 0 Å². The maximum Gasteiger partial charge on any atom is 0.183 e. The highest BCUT2D eigenvalue weighted by molar-refractivity contribution is 6.24. The van der Waals surface area contributed by atoms with Crippen molar-refractivity contribution in [3.63, 3.8) is 0 Å². The average molecular weight is 557 g/mol. The second kappa shape index (κ2) is 14.2. The lowest BCUT2D eigenvalue weighted by Crippen LogP contribution is -2.39. The molecule has 40 heavy (non-hydrogen) atoms. The lowest BCUT2D eigenvalue weighted by atomic mass is 9.69. The van der Waals surface area contributed by atoms with Gasteiger partial charge in [0.2, 0.25) is 0 Å². The Balaban J connectivity index is 2.73. The Morgan fingerprint density at radius 3 is 2.05 bits per heavy atom. The first-order valence-corrected chi connectivity index (χ1v) is 14.1. The van der Waals surface area contributed by atoms with Crippen molar-refractivity contribution < 1.29 is 39.5 Å². The van der Waals surface area contributed by atoms with Crippen LogP contribution in [0.1, 0.15) is 108 Å². The van der Waals surface area contributed by atoms with E-state index >= 15 is 0 Å². The number of ether oxygens (including phenoxy) is 1. The third-order valence-corrected chi connectivity index (χ3v) is 7.47. The molecule has 220 valence electrons. The van der Waals surface area contributed by atoms with Crippen LogP contribution in [0.25, 0.3) is 0 Å². The van der Waals surface area contributed by atoms with Crippen molar-refractivity contribution in [1.29, 1.82) is 0 Å². The van der Waals surface area contributed by atoms with Gasteiger partial charge < -0.3 is 25.2 Å². The molecule has 0 saturated carbocycles. The summed E-state index contributed by atoms with van der Waals surface area (Å²) in [6, 6.07) is 1.20. The number of rotatable bonds is 15. The van der Waals surface area contributed by atoms with Gasteiger partial charge in [0, 0.05) is 36.5 Å². The molecule has 0 bridgehead atoms. The Hall–Kier alpha value is -3.55. The van der Waals surface area contributed by atoms with Gasteiger partial charge in [-0.15, -0.1) is 0 Å². The maximum absolute atomic E-state index is 13.6. The number of aliphatic hydroxyl groups excluding tert-OH is 2. The van der Waals surface area contributed by atoms with Crippen molar-refractivity contribution in [2.45, 2.75) is 98.8 Å². The second-order valence-corrected chi connectivity index (χ2v) is 10.9. The molecule has 1 aromatic carbocycles. The Morgan fingerprint density at radius 2 is 1.52 bits per heavy atom. The number of hydrogen-bond donors (Lipinski definition) is 4. The number of benzene rings is 1. The summed E-state index contributed by atoms with van der Waals surface area (Å²) in [7, 11) is 1.32. The summed E-state index contributed by atoms with van der Waals surface area (Å²) in [5, 5.41) is 44.4. The number of phenols is 2. The van der Waals surface area contributed by atoms with Gasteiger partial charge in [-0.05, 0) is 40.0 Å². The number of allylic oxidation sites excluding steroid dienone is 5. The average Bonchev–Trinajstić information content (AvgIpc) is 2.90. The number of carbonyl (C=O) groups excluding carboxylic acids is 3. The number of aromatic hydroxyl groups is 2. The number of carbonyl (C=O) groups is 3. The van der Waals surface area contributed by atoms with Crippen LogP contribution in [0.4, 0.5) is 0 Å². The Labute approximate surface area is 237 Å². The van der Waals surface area contributed by atoms with Crippen LogP contribution in [0, 0.1) is 5.41 Å². The standard InChI is InChI=1S/C32H44O8/c1-7-9-11-13-22(33)26-24(35)18-25(40-6)20(28(26)36)17-21-29(37)27(23(34)14-12-10-8-2)31(39)32(5,30(21)38)16-15-19(3)4/h15,18,35-38H,7-14,16-17H2,1-6H3/t32-/m0/s1. The third-order valence-electron chi connectivity index (χ3n) is 7.47. The molecule has 1 aromatic rings. The van der Waals surface area contributed by atoms with Gasteiger partial charge in [-0.25, -0.2) is 0 Å². The van der Waals surface area contributed by atoms with E-state index in [0.717, 1.165) is 31.3 Å². The van der Waals surface area contributed by atoms with E-state index < -0.39 is 45.8 Å². The molecule has 1 atom stereocenters. The first-order valence-electron chi connectivity index (χ1n) is 14.1. The molecule has 1 aliphatic carbocycles. The lowest BCUT2D eigenvalue weighted by molar-refractivity contribution is -0.127. The van der Waals surface area contributed by atoms with Crippen molar-refractivity contribution in [2.24, 2.45) is 5.41 Å². The van der Waals surface area contributed by atoms with E-state index in [1.165, 1.54) is 20.1 Å². The van der Waals surface area contributed by atoms with E-state index in [0.29, 0.717) is 12.8 Å². The number of ketones is 3. The normalized spacial score (nSPS) is 17.3. The van der Waals surface area contributed by atoms with Crippen LogP contribution < -0.4 is 4.74 Å². The summed E-state index contributed by atoms with van der Waals surface area (Å²) in [6.45, 7) is 9.20. The molecule has 8 nitrogen and oxygen atoms in total. The first-order chi connectivity index (χ1) is 18.8. The minimum Gasteiger partial charge on any atom is -0.511 e. The molecule has 0 spiro atoms. The van der Waals surface area contributed by atoms with Crippen LogP contribution in [0.15, 0.2) is 40.4 Å². The molecule has 4 N–H and O–H groups in total. The van der Waals surface area contributed by atoms with Gasteiger partial charge in [-0.3, -0.25) is 14.4 Å². The van der Waals surface area contributed by atoms with E-state index in [4.69, 9.17) is 4.74 Å². The summed E-state index contributed by atoms with van der Waals surface area (Å²) < 4.78 is 5.37. The Kier molecular flexibility index (Phi) is 11.6. The monoisotopic (exact) mass is 556 g/mol. The third kappa shape index (κ3) is 6.95. The molecule has 0 fully saturated rings. The Bertz CT molecular complexity index is 1230. The van der Waals surface area contributed by atoms with Gasteiger partial charge in [0.15, 0.2) is 17.3 Å². The van der Waals surface area contributed by atoms with Crippen molar-refractivity contribution >= 4 is 17.3 Å². The van der Waals surface area contributed by atoms with Crippen molar-refractivity contribution in [1.82, 2.24) is 0 Å². The predicted molar refractivity (Wildman–Crippen MR) is 154 cm³/mol. The van der Waals surface area contributed by atoms with Crippen LogP contribution in [-0.2, 0) is 16.0 Å². The van der Waals surface area contributed by atoms with Crippen LogP contribution in [-0.4, -0.2) is 44.9 Å². The Morgan fingerprint density at radius 1 is 0.950 bits per heavy atom. The van der Waals surface area contributed by atoms with Gasteiger partial charge >= 0.3 is 0 Å². The quantitative estimate of drug-likeness (QED) is 0.0773. The fraction of sp³-hybridized carbons (Fsp3) is 0.531. The maximum atomic E-state index is 13.6. The van der Waals surface area contributed by atoms with E-state index in [2.05, 4.69) is 0 Å². The smallest absolute Gasteiger partial charge is 0.183 e. The van der Waals surface area contributed by atoms with Crippen LogP contribution >= 0.6 is 0 Å². The molecule has 0 unspecified atom stereocenters. The molecular formula is C32H44O8. The predicted octanol–water partition coefficient (Wildman–Crippen LogP) is 7.13. The SMILES string of the molecule is CCCCCC(=O)C1=C(O)C(Cc2c(OC)cc(O)c(C(=O)CCCCC)c2O)=C(O)[C@](C)(CC=C(C)C)C1=O. The van der Waals surface area contributed by atoms with E-state index in [9.17, 15) is 34.8 Å². The number of hydrogen-bond acceptors (Lipinski definition) is 8. The number of Topliss-reactive ketones (excluding diaryl/α,β-unsaturated/α-hetero) is 3. The molecule has 0 amide bonds. The molecule has 0 aliphatic heterocycles. The first kappa shape index (κ1) is 32.7. The highest BCUT2D eigenvalue weighted by atomic mass is 16.5. The van der Waals surface area contributed by atoms with E-state index in [1.807, 2.05) is 27.7 Å². The number of aliphatic hydroxyl groups is 2. The second-order valence-electron chi connectivity index (χ2n) is 10.9. The fourth-order valence-electron chi connectivity index (χ4n) is 4.91. The molecule has 0 heterocycles. The van der Waals surface area contributed by atoms with Crippen LogP contribution in [0.5, 0.6) is 17.2 Å². The van der Waals surface area contributed by atoms with Crippen molar-refractivity contribution in [3.05, 3.63) is 51.5 Å². The topological polar surface area (TPSA) is 141 Å². The van der Waals surface area contributed by atoms with Gasteiger partial charge in [-0.1, -0.05) is 51.2 Å². The molecule has 1 aliphatic rings. The highest BCUT2D eigenvalue weighted by Crippen LogP contribution is 2.46. The van der Waals surface area contributed by atoms with Gasteiger partial charge in [0.05, 0.1) is 12.5 Å². The van der Waals surface area contributed by atoms with E-state index in [1.54, 1.807) is 6.08 Å². The summed E-state index contributed by atoms with van der Waals surface area (Å²) in [5.41, 5.74) is -1.36. The number of phenolic OH excluding ortho intramolecular Hbond substituents is 2. The lowest BCUT2D eigenvalue weighted by Gasteiger charge is -2.34. The summed E-state index contributed by atoms with van der Waals surface area (Å²) >= 11 is 0. The molecule has 8 heteroatoms. The van der Waals surface area contributed by atoms with Crippen LogP contribution in [0.2, 0.25) is 0 Å². The molecule has 2 rings (SSSR count). The summed E-state index contributed by atoms with van der Waals surface area (Å²) in [4.78, 5) is 39.8. The van der Waals surface area contributed by atoms with Crippen LogP contribution in [0.3, 0.4) is 0 Å². The number of unbranched alkanes of at least 4 members (excludes halogenated alkanes) is 4. The molecule has 0 radical (unpaired) electrons. The minimum absolute atomic E-state index is 0.0203. The zero-order valence-electron chi connectivity index (χ0n) is 24.6. The van der Waals surface area contributed by atoms with E-state index in [-0.39, 0.29) is 53.7 Å². The molecule has 0 aromatic heterocycles. The summed E-state index contributed by atoms with van der Waals surface area (Å²) in [6.07, 6.45) is 6.17. The van der Waals surface area contributed by atoms with Crippen molar-refractivity contribution in [2.75, 3.05) is 7.11 Å². The minimum atomic E-state index is -1.53. The molecule has 0 saturated heterocycles. The highest BCUT2D eigenvalue weighted by Gasteiger charge is 2.47. The zero-order valence-corrected chi connectivity index (χ0v) is 24.6. The largest absolute Gasteiger partial charge is 0.511 e.